The molecule has 0 unspecified atom stereocenters. The summed E-state index contributed by atoms with van der Waals surface area (Å²) in [5.41, 5.74) is 0.235. The van der Waals surface area contributed by atoms with Crippen LogP contribution in [0, 0.1) is 11.3 Å². The van der Waals surface area contributed by atoms with Gasteiger partial charge in [-0.2, -0.15) is 0 Å². The van der Waals surface area contributed by atoms with E-state index in [-0.39, 0.29) is 5.41 Å². The number of fused-ring (bicyclic) bond motifs is 1. The number of likely N-dealkylation sites (tertiary alicyclic amines) is 1. The van der Waals surface area contributed by atoms with E-state index in [2.05, 4.69) is 4.90 Å². The van der Waals surface area contributed by atoms with Crippen molar-refractivity contribution >= 4 is 0 Å². The Bertz CT molecular complexity index is 308. The molecule has 2 aliphatic heterocycles. The lowest BCUT2D eigenvalue weighted by Gasteiger charge is -2.50. The Morgan fingerprint density at radius 3 is 3.00 bits per heavy atom. The number of hydrogen-bond acceptors (Lipinski definition) is 4. The van der Waals surface area contributed by atoms with E-state index in [1.165, 1.54) is 25.7 Å². The molecular weight excluding hydrogens is 254 g/mol. The predicted octanol–water partition coefficient (Wildman–Crippen LogP) is 1.93. The van der Waals surface area contributed by atoms with Crippen LogP contribution in [0.1, 0.15) is 32.1 Å². The van der Waals surface area contributed by atoms with Gasteiger partial charge >= 0.3 is 0 Å². The molecule has 0 bridgehead atoms. The third kappa shape index (κ3) is 3.53. The highest BCUT2D eigenvalue weighted by Crippen LogP contribution is 2.41. The summed E-state index contributed by atoms with van der Waals surface area (Å²) in [5, 5.41) is 0. The predicted molar refractivity (Wildman–Crippen MR) is 77.9 cm³/mol. The first kappa shape index (κ1) is 14.8. The van der Waals surface area contributed by atoms with Gasteiger partial charge in [0.2, 0.25) is 0 Å². The minimum absolute atomic E-state index is 0.235. The third-order valence-corrected chi connectivity index (χ3v) is 5.12. The molecule has 116 valence electrons. The summed E-state index contributed by atoms with van der Waals surface area (Å²) in [6.07, 6.45) is 6.73. The Morgan fingerprint density at radius 1 is 1.30 bits per heavy atom. The SMILES string of the molecule is COCCN1CC[C@@H]2OCCC[C@]2(COCC2CC2)C1. The highest BCUT2D eigenvalue weighted by molar-refractivity contribution is 4.96. The lowest BCUT2D eigenvalue weighted by atomic mass is 9.73. The average Bonchev–Trinajstić information content (AvgIpc) is 3.29. The second kappa shape index (κ2) is 6.73. The van der Waals surface area contributed by atoms with E-state index < -0.39 is 0 Å². The summed E-state index contributed by atoms with van der Waals surface area (Å²) in [5.74, 6) is 0.850. The van der Waals surface area contributed by atoms with Crippen molar-refractivity contribution in [2.75, 3.05) is 53.2 Å². The van der Waals surface area contributed by atoms with E-state index in [4.69, 9.17) is 14.2 Å². The summed E-state index contributed by atoms with van der Waals surface area (Å²) < 4.78 is 17.4. The number of hydrogen-bond donors (Lipinski definition) is 0. The van der Waals surface area contributed by atoms with Gasteiger partial charge in [-0.05, 0) is 38.0 Å². The zero-order valence-electron chi connectivity index (χ0n) is 12.8. The standard InChI is InChI=1S/C16H29NO3/c1-18-10-8-17-7-5-15-16(12-17,6-2-9-20-15)13-19-11-14-3-4-14/h14-15H,2-13H2,1H3/t15-,16+/m0/s1. The zero-order valence-corrected chi connectivity index (χ0v) is 12.8. The van der Waals surface area contributed by atoms with Gasteiger partial charge < -0.3 is 19.1 Å². The van der Waals surface area contributed by atoms with Crippen LogP contribution in [0.4, 0.5) is 0 Å². The van der Waals surface area contributed by atoms with E-state index in [1.54, 1.807) is 7.11 Å². The maximum Gasteiger partial charge on any atom is 0.0677 e. The molecule has 3 fully saturated rings. The van der Waals surface area contributed by atoms with Crippen LogP contribution in [0.15, 0.2) is 0 Å². The van der Waals surface area contributed by atoms with Crippen molar-refractivity contribution in [1.29, 1.82) is 0 Å². The minimum Gasteiger partial charge on any atom is -0.383 e. The van der Waals surface area contributed by atoms with Crippen molar-refractivity contribution in [2.24, 2.45) is 11.3 Å². The maximum atomic E-state index is 6.07. The molecule has 2 saturated heterocycles. The minimum atomic E-state index is 0.235. The van der Waals surface area contributed by atoms with Gasteiger partial charge in [0, 0.05) is 45.4 Å². The van der Waals surface area contributed by atoms with Crippen LogP contribution in [-0.4, -0.2) is 64.2 Å². The quantitative estimate of drug-likeness (QED) is 0.714. The molecule has 0 aromatic carbocycles. The number of ether oxygens (including phenoxy) is 3. The third-order valence-electron chi connectivity index (χ3n) is 5.12. The highest BCUT2D eigenvalue weighted by Gasteiger charge is 2.46. The van der Waals surface area contributed by atoms with Crippen LogP contribution in [0.2, 0.25) is 0 Å². The normalized spacial score (nSPS) is 35.0. The molecule has 3 aliphatic rings. The molecule has 0 N–H and O–H groups in total. The number of rotatable bonds is 7. The van der Waals surface area contributed by atoms with Gasteiger partial charge in [-0.25, -0.2) is 0 Å². The van der Waals surface area contributed by atoms with Crippen LogP contribution in [-0.2, 0) is 14.2 Å². The number of methoxy groups -OCH3 is 1. The molecule has 1 aliphatic carbocycles. The van der Waals surface area contributed by atoms with Crippen molar-refractivity contribution in [3.8, 4) is 0 Å². The second-order valence-electron chi connectivity index (χ2n) is 6.84. The first-order chi connectivity index (χ1) is 9.82. The van der Waals surface area contributed by atoms with Crippen molar-refractivity contribution in [3.05, 3.63) is 0 Å². The number of piperidine rings is 1. The Hall–Kier alpha value is -0.160. The van der Waals surface area contributed by atoms with Gasteiger partial charge in [-0.1, -0.05) is 0 Å². The van der Waals surface area contributed by atoms with E-state index in [0.717, 1.165) is 58.4 Å². The van der Waals surface area contributed by atoms with Crippen molar-refractivity contribution in [3.63, 3.8) is 0 Å². The van der Waals surface area contributed by atoms with Gasteiger partial charge in [0.25, 0.3) is 0 Å². The fraction of sp³-hybridized carbons (Fsp3) is 1.00. The van der Waals surface area contributed by atoms with E-state index in [9.17, 15) is 0 Å². The first-order valence-corrected chi connectivity index (χ1v) is 8.23. The molecule has 20 heavy (non-hydrogen) atoms. The lowest BCUT2D eigenvalue weighted by Crippen LogP contribution is -2.57. The summed E-state index contributed by atoms with van der Waals surface area (Å²) in [7, 11) is 1.78. The molecule has 0 amide bonds. The fourth-order valence-electron chi connectivity index (χ4n) is 3.72. The lowest BCUT2D eigenvalue weighted by molar-refractivity contribution is -0.154. The van der Waals surface area contributed by atoms with E-state index in [0.29, 0.717) is 6.10 Å². The van der Waals surface area contributed by atoms with Crippen LogP contribution in [0.5, 0.6) is 0 Å². The van der Waals surface area contributed by atoms with Gasteiger partial charge in [0.05, 0.1) is 19.3 Å². The molecule has 0 spiro atoms. The van der Waals surface area contributed by atoms with Crippen molar-refractivity contribution < 1.29 is 14.2 Å². The van der Waals surface area contributed by atoms with E-state index in [1.807, 2.05) is 0 Å². The topological polar surface area (TPSA) is 30.9 Å². The molecule has 4 nitrogen and oxygen atoms in total. The van der Waals surface area contributed by atoms with Gasteiger partial charge in [0.15, 0.2) is 0 Å². The second-order valence-corrected chi connectivity index (χ2v) is 6.84. The Morgan fingerprint density at radius 2 is 2.20 bits per heavy atom. The number of nitrogens with zero attached hydrogens (tertiary/aromatic N) is 1. The zero-order chi connectivity index (χ0) is 13.8. The summed E-state index contributed by atoms with van der Waals surface area (Å²) in [6.45, 7) is 6.90. The smallest absolute Gasteiger partial charge is 0.0677 e. The monoisotopic (exact) mass is 283 g/mol. The molecular formula is C16H29NO3. The molecule has 2 atom stereocenters. The maximum absolute atomic E-state index is 6.07. The van der Waals surface area contributed by atoms with Crippen LogP contribution >= 0.6 is 0 Å². The van der Waals surface area contributed by atoms with Crippen LogP contribution < -0.4 is 0 Å². The van der Waals surface area contributed by atoms with E-state index >= 15 is 0 Å². The van der Waals surface area contributed by atoms with Crippen LogP contribution in [0.3, 0.4) is 0 Å². The largest absolute Gasteiger partial charge is 0.383 e. The van der Waals surface area contributed by atoms with Gasteiger partial charge in [-0.3, -0.25) is 0 Å². The fourth-order valence-corrected chi connectivity index (χ4v) is 3.72. The van der Waals surface area contributed by atoms with Crippen molar-refractivity contribution in [1.82, 2.24) is 4.90 Å². The van der Waals surface area contributed by atoms with Gasteiger partial charge in [-0.15, -0.1) is 0 Å². The van der Waals surface area contributed by atoms with Gasteiger partial charge in [0.1, 0.15) is 0 Å². The highest BCUT2D eigenvalue weighted by atomic mass is 16.5. The summed E-state index contributed by atoms with van der Waals surface area (Å²) in [4.78, 5) is 2.54. The molecule has 0 radical (unpaired) electrons. The Kier molecular flexibility index (Phi) is 4.97. The molecule has 1 saturated carbocycles. The van der Waals surface area contributed by atoms with Crippen molar-refractivity contribution in [2.45, 2.75) is 38.2 Å². The first-order valence-electron chi connectivity index (χ1n) is 8.23. The Labute approximate surface area is 122 Å². The molecule has 3 rings (SSSR count). The molecule has 0 aromatic rings. The Balaban J connectivity index is 1.57. The van der Waals surface area contributed by atoms with Crippen LogP contribution in [0.25, 0.3) is 0 Å². The summed E-state index contributed by atoms with van der Waals surface area (Å²) in [6, 6.07) is 0. The summed E-state index contributed by atoms with van der Waals surface area (Å²) >= 11 is 0. The average molecular weight is 283 g/mol. The molecule has 2 heterocycles. The molecule has 4 heteroatoms. The molecule has 0 aromatic heterocycles.